The van der Waals surface area contributed by atoms with Crippen LogP contribution in [0.3, 0.4) is 0 Å². The highest BCUT2D eigenvalue weighted by molar-refractivity contribution is 7.14. The second-order valence-corrected chi connectivity index (χ2v) is 6.66. The minimum Gasteiger partial charge on any atom is -0.332 e. The molecule has 0 bridgehead atoms. The summed E-state index contributed by atoms with van der Waals surface area (Å²) in [7, 11) is 0. The maximum Gasteiger partial charge on any atom is 0.187 e. The number of thiazole rings is 1. The fourth-order valence-electron chi connectivity index (χ4n) is 2.78. The van der Waals surface area contributed by atoms with E-state index >= 15 is 0 Å². The lowest BCUT2D eigenvalue weighted by atomic mass is 9.93. The highest BCUT2D eigenvalue weighted by Crippen LogP contribution is 2.33. The lowest BCUT2D eigenvalue weighted by Crippen LogP contribution is -1.96. The van der Waals surface area contributed by atoms with Crippen LogP contribution in [0.25, 0.3) is 11.3 Å². The Kier molecular flexibility index (Phi) is 4.18. The van der Waals surface area contributed by atoms with E-state index in [2.05, 4.69) is 44.5 Å². The van der Waals surface area contributed by atoms with Gasteiger partial charge in [-0.25, -0.2) is 9.37 Å². The van der Waals surface area contributed by atoms with Crippen molar-refractivity contribution in [3.8, 4) is 11.3 Å². The minimum atomic E-state index is -0.239. The van der Waals surface area contributed by atoms with Crippen molar-refractivity contribution in [1.82, 2.24) is 4.98 Å². The van der Waals surface area contributed by atoms with Crippen molar-refractivity contribution in [3.63, 3.8) is 0 Å². The molecular weight excluding hydrogens is 307 g/mol. The van der Waals surface area contributed by atoms with Crippen LogP contribution in [0.1, 0.15) is 22.3 Å². The number of halogens is 1. The first kappa shape index (κ1) is 15.7. The van der Waals surface area contributed by atoms with Gasteiger partial charge >= 0.3 is 0 Å². The SMILES string of the molecule is Cc1cc(C)c(-c2csc(Nc3ccc(F)cc3)n2)c(C)c1C. The van der Waals surface area contributed by atoms with E-state index in [4.69, 9.17) is 4.98 Å². The quantitative estimate of drug-likeness (QED) is 0.645. The summed E-state index contributed by atoms with van der Waals surface area (Å²) in [5, 5.41) is 6.10. The first-order chi connectivity index (χ1) is 11.0. The van der Waals surface area contributed by atoms with Crippen molar-refractivity contribution < 1.29 is 4.39 Å². The standard InChI is InChI=1S/C19H19FN2S/c1-11-9-12(2)18(14(4)13(11)3)17-10-23-19(22-17)21-16-7-5-15(20)6-8-16/h5-10H,1-4H3,(H,21,22). The Morgan fingerprint density at radius 2 is 1.65 bits per heavy atom. The number of benzene rings is 2. The first-order valence-corrected chi connectivity index (χ1v) is 8.39. The van der Waals surface area contributed by atoms with E-state index < -0.39 is 0 Å². The van der Waals surface area contributed by atoms with E-state index in [0.29, 0.717) is 0 Å². The predicted octanol–water partition coefficient (Wildman–Crippen LogP) is 5.93. The number of anilines is 2. The molecule has 0 aliphatic carbocycles. The number of aromatic nitrogens is 1. The molecule has 23 heavy (non-hydrogen) atoms. The van der Waals surface area contributed by atoms with Crippen LogP contribution in [-0.2, 0) is 0 Å². The summed E-state index contributed by atoms with van der Waals surface area (Å²) >= 11 is 1.55. The molecule has 0 aliphatic heterocycles. The Morgan fingerprint density at radius 3 is 2.35 bits per heavy atom. The predicted molar refractivity (Wildman–Crippen MR) is 96.2 cm³/mol. The molecule has 0 radical (unpaired) electrons. The van der Waals surface area contributed by atoms with Crippen molar-refractivity contribution in [3.05, 3.63) is 63.8 Å². The number of nitrogens with one attached hydrogen (secondary N) is 1. The van der Waals surface area contributed by atoms with Gasteiger partial charge in [0.05, 0.1) is 5.69 Å². The molecule has 118 valence electrons. The van der Waals surface area contributed by atoms with Crippen LogP contribution in [0.2, 0.25) is 0 Å². The second kappa shape index (κ2) is 6.13. The molecule has 0 spiro atoms. The van der Waals surface area contributed by atoms with E-state index in [0.717, 1.165) is 16.5 Å². The molecule has 0 fully saturated rings. The van der Waals surface area contributed by atoms with Crippen molar-refractivity contribution in [1.29, 1.82) is 0 Å². The number of hydrogen-bond donors (Lipinski definition) is 1. The van der Waals surface area contributed by atoms with Gasteiger partial charge in [0.2, 0.25) is 0 Å². The van der Waals surface area contributed by atoms with Gasteiger partial charge in [0.25, 0.3) is 0 Å². The van der Waals surface area contributed by atoms with Gasteiger partial charge in [-0.3, -0.25) is 0 Å². The van der Waals surface area contributed by atoms with Gasteiger partial charge in [-0.1, -0.05) is 6.07 Å². The zero-order chi connectivity index (χ0) is 16.6. The molecule has 0 aliphatic rings. The van der Waals surface area contributed by atoms with Crippen LogP contribution in [-0.4, -0.2) is 4.98 Å². The van der Waals surface area contributed by atoms with Crippen molar-refractivity contribution in [2.45, 2.75) is 27.7 Å². The Labute approximate surface area is 140 Å². The van der Waals surface area contributed by atoms with Gasteiger partial charge < -0.3 is 5.32 Å². The molecule has 2 nitrogen and oxygen atoms in total. The average molecular weight is 326 g/mol. The topological polar surface area (TPSA) is 24.9 Å². The second-order valence-electron chi connectivity index (χ2n) is 5.81. The third-order valence-electron chi connectivity index (χ3n) is 4.21. The Morgan fingerprint density at radius 1 is 0.957 bits per heavy atom. The van der Waals surface area contributed by atoms with Gasteiger partial charge in [-0.15, -0.1) is 11.3 Å². The van der Waals surface area contributed by atoms with E-state index in [9.17, 15) is 4.39 Å². The first-order valence-electron chi connectivity index (χ1n) is 7.51. The molecule has 0 amide bonds. The summed E-state index contributed by atoms with van der Waals surface area (Å²) in [4.78, 5) is 4.70. The van der Waals surface area contributed by atoms with Crippen LogP contribution >= 0.6 is 11.3 Å². The lowest BCUT2D eigenvalue weighted by Gasteiger charge is -2.13. The molecule has 0 saturated heterocycles. The maximum atomic E-state index is 13.0. The molecule has 4 heteroatoms. The average Bonchev–Trinajstić information content (AvgIpc) is 2.95. The Hall–Kier alpha value is -2.20. The zero-order valence-corrected chi connectivity index (χ0v) is 14.5. The van der Waals surface area contributed by atoms with Crippen molar-refractivity contribution in [2.24, 2.45) is 0 Å². The van der Waals surface area contributed by atoms with Crippen molar-refractivity contribution in [2.75, 3.05) is 5.32 Å². The van der Waals surface area contributed by atoms with Crippen LogP contribution in [0.5, 0.6) is 0 Å². The summed E-state index contributed by atoms with van der Waals surface area (Å²) in [5.74, 6) is -0.239. The molecule has 0 atom stereocenters. The number of hydrogen-bond acceptors (Lipinski definition) is 3. The number of aryl methyl sites for hydroxylation is 2. The molecular formula is C19H19FN2S. The highest BCUT2D eigenvalue weighted by atomic mass is 32.1. The summed E-state index contributed by atoms with van der Waals surface area (Å²) in [6, 6.07) is 8.51. The third kappa shape index (κ3) is 3.13. The fraction of sp³-hybridized carbons (Fsp3) is 0.211. The largest absolute Gasteiger partial charge is 0.332 e. The summed E-state index contributed by atoms with van der Waals surface area (Å²) in [6.07, 6.45) is 0. The Balaban J connectivity index is 1.93. The number of nitrogens with zero attached hydrogens (tertiary/aromatic N) is 1. The Bertz CT molecular complexity index is 851. The van der Waals surface area contributed by atoms with E-state index in [1.165, 1.54) is 39.9 Å². The van der Waals surface area contributed by atoms with E-state index in [-0.39, 0.29) is 5.82 Å². The van der Waals surface area contributed by atoms with Gasteiger partial charge in [-0.05, 0) is 74.2 Å². The van der Waals surface area contributed by atoms with E-state index in [1.807, 2.05) is 0 Å². The lowest BCUT2D eigenvalue weighted by molar-refractivity contribution is 0.628. The zero-order valence-electron chi connectivity index (χ0n) is 13.7. The molecule has 0 saturated carbocycles. The molecule has 2 aromatic carbocycles. The normalized spacial score (nSPS) is 10.8. The monoisotopic (exact) mass is 326 g/mol. The third-order valence-corrected chi connectivity index (χ3v) is 4.97. The van der Waals surface area contributed by atoms with Crippen LogP contribution in [0, 0.1) is 33.5 Å². The molecule has 3 rings (SSSR count). The van der Waals surface area contributed by atoms with E-state index in [1.54, 1.807) is 23.5 Å². The van der Waals surface area contributed by atoms with Gasteiger partial charge in [0, 0.05) is 16.6 Å². The smallest absolute Gasteiger partial charge is 0.187 e. The summed E-state index contributed by atoms with van der Waals surface area (Å²) in [5.41, 5.74) is 8.16. The van der Waals surface area contributed by atoms with Gasteiger partial charge in [-0.2, -0.15) is 0 Å². The van der Waals surface area contributed by atoms with Crippen molar-refractivity contribution >= 4 is 22.2 Å². The van der Waals surface area contributed by atoms with Crippen LogP contribution in [0.15, 0.2) is 35.7 Å². The molecule has 3 aromatic rings. The van der Waals surface area contributed by atoms with Gasteiger partial charge in [0.15, 0.2) is 5.13 Å². The van der Waals surface area contributed by atoms with Crippen LogP contribution < -0.4 is 5.32 Å². The van der Waals surface area contributed by atoms with Crippen LogP contribution in [0.4, 0.5) is 15.2 Å². The fourth-order valence-corrected chi connectivity index (χ4v) is 3.50. The molecule has 0 unspecified atom stereocenters. The summed E-state index contributed by atoms with van der Waals surface area (Å²) < 4.78 is 13.0. The molecule has 1 N–H and O–H groups in total. The molecule has 1 heterocycles. The highest BCUT2D eigenvalue weighted by Gasteiger charge is 2.13. The maximum absolute atomic E-state index is 13.0. The molecule has 1 aromatic heterocycles. The number of rotatable bonds is 3. The van der Waals surface area contributed by atoms with Gasteiger partial charge in [0.1, 0.15) is 5.82 Å². The minimum absolute atomic E-state index is 0.239. The summed E-state index contributed by atoms with van der Waals surface area (Å²) in [6.45, 7) is 8.57.